The van der Waals surface area contributed by atoms with Gasteiger partial charge in [0.25, 0.3) is 11.8 Å². The van der Waals surface area contributed by atoms with Crippen LogP contribution in [0.4, 0.5) is 0 Å². The van der Waals surface area contributed by atoms with Gasteiger partial charge >= 0.3 is 0 Å². The number of carbonyl (C=O) groups excluding carboxylic acids is 1. The summed E-state index contributed by atoms with van der Waals surface area (Å²) in [4.78, 5) is 15.8. The zero-order valence-electron chi connectivity index (χ0n) is 10.0. The maximum atomic E-state index is 11.6. The molecule has 0 aliphatic rings. The molecule has 5 nitrogen and oxygen atoms in total. The minimum absolute atomic E-state index is 0.136. The van der Waals surface area contributed by atoms with E-state index in [1.54, 1.807) is 37.3 Å². The van der Waals surface area contributed by atoms with Crippen LogP contribution in [0.1, 0.15) is 16.2 Å². The molecule has 0 aliphatic heterocycles. The predicted molar refractivity (Wildman–Crippen MR) is 67.0 cm³/mol. The van der Waals surface area contributed by atoms with Crippen molar-refractivity contribution >= 4 is 5.91 Å². The molecule has 92 valence electrons. The summed E-state index contributed by atoms with van der Waals surface area (Å²) >= 11 is 0. The highest BCUT2D eigenvalue weighted by Gasteiger charge is 2.08. The fraction of sp³-hybridized carbons (Fsp3) is 0.154. The Kier molecular flexibility index (Phi) is 3.52. The number of rotatable bonds is 4. The number of aryl methyl sites for hydroxylation is 1. The lowest BCUT2D eigenvalue weighted by Crippen LogP contribution is -2.22. The van der Waals surface area contributed by atoms with Crippen LogP contribution in [0.25, 0.3) is 11.5 Å². The number of carbonyl (C=O) groups is 1. The summed E-state index contributed by atoms with van der Waals surface area (Å²) < 4.78 is 5.04. The van der Waals surface area contributed by atoms with Crippen LogP contribution in [0.3, 0.4) is 0 Å². The van der Waals surface area contributed by atoms with Gasteiger partial charge < -0.3 is 9.84 Å². The molecule has 1 N–H and O–H groups in total. The molecule has 1 amide bonds. The molecule has 5 heteroatoms. The van der Waals surface area contributed by atoms with E-state index in [0.29, 0.717) is 23.8 Å². The summed E-state index contributed by atoms with van der Waals surface area (Å²) in [5.74, 6) is 0.895. The second-order valence-electron chi connectivity index (χ2n) is 3.72. The van der Waals surface area contributed by atoms with Gasteiger partial charge in [-0.1, -0.05) is 11.2 Å². The highest BCUT2D eigenvalue weighted by molar-refractivity contribution is 5.94. The third-order valence-corrected chi connectivity index (χ3v) is 2.33. The molecule has 1 aromatic carbocycles. The van der Waals surface area contributed by atoms with E-state index in [-0.39, 0.29) is 5.91 Å². The van der Waals surface area contributed by atoms with Crippen LogP contribution >= 0.6 is 0 Å². The Morgan fingerprint density at radius 1 is 1.44 bits per heavy atom. The largest absolute Gasteiger partial charge is 0.349 e. The average Bonchev–Trinajstić information content (AvgIpc) is 2.83. The van der Waals surface area contributed by atoms with E-state index in [2.05, 4.69) is 22.0 Å². The molecule has 0 saturated carbocycles. The van der Waals surface area contributed by atoms with Gasteiger partial charge in [0.15, 0.2) is 5.82 Å². The predicted octanol–water partition coefficient (Wildman–Crippen LogP) is 1.96. The van der Waals surface area contributed by atoms with Gasteiger partial charge in [0, 0.05) is 17.7 Å². The number of hydrogen-bond donors (Lipinski definition) is 1. The van der Waals surface area contributed by atoms with E-state index in [4.69, 9.17) is 4.52 Å². The van der Waals surface area contributed by atoms with Gasteiger partial charge in [-0.05, 0) is 31.2 Å². The summed E-state index contributed by atoms with van der Waals surface area (Å²) in [5, 5.41) is 6.42. The monoisotopic (exact) mass is 243 g/mol. The van der Waals surface area contributed by atoms with Crippen molar-refractivity contribution in [2.45, 2.75) is 6.92 Å². The van der Waals surface area contributed by atoms with E-state index in [1.807, 2.05) is 0 Å². The van der Waals surface area contributed by atoms with Gasteiger partial charge in [0.2, 0.25) is 0 Å². The minimum atomic E-state index is -0.136. The second-order valence-corrected chi connectivity index (χ2v) is 3.72. The van der Waals surface area contributed by atoms with Crippen LogP contribution in [0.5, 0.6) is 0 Å². The third kappa shape index (κ3) is 2.63. The Morgan fingerprint density at radius 2 is 2.17 bits per heavy atom. The van der Waals surface area contributed by atoms with Crippen molar-refractivity contribution in [2.24, 2.45) is 0 Å². The van der Waals surface area contributed by atoms with Crippen molar-refractivity contribution in [3.63, 3.8) is 0 Å². The molecule has 1 aromatic heterocycles. The van der Waals surface area contributed by atoms with Crippen molar-refractivity contribution in [3.05, 3.63) is 48.3 Å². The van der Waals surface area contributed by atoms with Crippen LogP contribution in [0.2, 0.25) is 0 Å². The van der Waals surface area contributed by atoms with Crippen molar-refractivity contribution < 1.29 is 9.32 Å². The van der Waals surface area contributed by atoms with Crippen molar-refractivity contribution in [1.29, 1.82) is 0 Å². The highest BCUT2D eigenvalue weighted by atomic mass is 16.5. The number of amides is 1. The molecule has 0 spiro atoms. The van der Waals surface area contributed by atoms with Crippen LogP contribution < -0.4 is 5.32 Å². The Morgan fingerprint density at radius 3 is 2.72 bits per heavy atom. The fourth-order valence-corrected chi connectivity index (χ4v) is 1.45. The molecule has 0 atom stereocenters. The molecule has 0 saturated heterocycles. The molecule has 0 radical (unpaired) electrons. The summed E-state index contributed by atoms with van der Waals surface area (Å²) in [6.45, 7) is 5.74. The van der Waals surface area contributed by atoms with Gasteiger partial charge in [-0.15, -0.1) is 6.58 Å². The first kappa shape index (κ1) is 12.0. The molecule has 0 bridgehead atoms. The van der Waals surface area contributed by atoms with E-state index < -0.39 is 0 Å². The fourth-order valence-electron chi connectivity index (χ4n) is 1.45. The molecule has 2 rings (SSSR count). The summed E-state index contributed by atoms with van der Waals surface area (Å²) in [6, 6.07) is 6.98. The van der Waals surface area contributed by atoms with E-state index in [1.165, 1.54) is 0 Å². The van der Waals surface area contributed by atoms with E-state index in [9.17, 15) is 4.79 Å². The Balaban J connectivity index is 2.15. The minimum Gasteiger partial charge on any atom is -0.349 e. The SMILES string of the molecule is C=CCNC(=O)c1ccc(-c2nc(C)no2)cc1. The standard InChI is InChI=1S/C13H13N3O2/c1-3-8-14-12(17)10-4-6-11(7-5-10)13-15-9(2)16-18-13/h3-7H,1,8H2,2H3,(H,14,17). The van der Waals surface area contributed by atoms with Crippen LogP contribution in [0.15, 0.2) is 41.4 Å². The van der Waals surface area contributed by atoms with Gasteiger partial charge in [-0.2, -0.15) is 4.98 Å². The number of hydrogen-bond acceptors (Lipinski definition) is 4. The zero-order chi connectivity index (χ0) is 13.0. The number of benzene rings is 1. The normalized spacial score (nSPS) is 10.1. The molecule has 0 unspecified atom stereocenters. The maximum absolute atomic E-state index is 11.6. The van der Waals surface area contributed by atoms with Crippen LogP contribution in [-0.4, -0.2) is 22.6 Å². The van der Waals surface area contributed by atoms with Crippen molar-refractivity contribution in [1.82, 2.24) is 15.5 Å². The Labute approximate surface area is 105 Å². The number of nitrogens with zero attached hydrogens (tertiary/aromatic N) is 2. The molecule has 18 heavy (non-hydrogen) atoms. The maximum Gasteiger partial charge on any atom is 0.257 e. The van der Waals surface area contributed by atoms with Gasteiger partial charge in [-0.25, -0.2) is 0 Å². The number of nitrogens with one attached hydrogen (secondary N) is 1. The second kappa shape index (κ2) is 5.27. The van der Waals surface area contributed by atoms with Gasteiger partial charge in [0.05, 0.1) is 0 Å². The van der Waals surface area contributed by atoms with Gasteiger partial charge in [-0.3, -0.25) is 4.79 Å². The van der Waals surface area contributed by atoms with Crippen LogP contribution in [0, 0.1) is 6.92 Å². The zero-order valence-corrected chi connectivity index (χ0v) is 10.0. The summed E-state index contributed by atoms with van der Waals surface area (Å²) in [6.07, 6.45) is 1.63. The van der Waals surface area contributed by atoms with Gasteiger partial charge in [0.1, 0.15) is 0 Å². The lowest BCUT2D eigenvalue weighted by Gasteiger charge is -2.02. The average molecular weight is 243 g/mol. The van der Waals surface area contributed by atoms with Crippen molar-refractivity contribution in [3.8, 4) is 11.5 Å². The first-order valence-electron chi connectivity index (χ1n) is 5.50. The molecule has 2 aromatic rings. The van der Waals surface area contributed by atoms with Crippen molar-refractivity contribution in [2.75, 3.05) is 6.54 Å². The molecular weight excluding hydrogens is 230 g/mol. The molecule has 0 aliphatic carbocycles. The van der Waals surface area contributed by atoms with E-state index >= 15 is 0 Å². The number of aromatic nitrogens is 2. The Hall–Kier alpha value is -2.43. The lowest BCUT2D eigenvalue weighted by atomic mass is 10.1. The quantitative estimate of drug-likeness (QED) is 0.833. The van der Waals surface area contributed by atoms with Crippen LogP contribution in [-0.2, 0) is 0 Å². The van der Waals surface area contributed by atoms with E-state index in [0.717, 1.165) is 5.56 Å². The summed E-state index contributed by atoms with van der Waals surface area (Å²) in [5.41, 5.74) is 1.37. The first-order chi connectivity index (χ1) is 8.70. The third-order valence-electron chi connectivity index (χ3n) is 2.33. The molecule has 0 fully saturated rings. The summed E-state index contributed by atoms with van der Waals surface area (Å²) in [7, 11) is 0. The first-order valence-corrected chi connectivity index (χ1v) is 5.50. The highest BCUT2D eigenvalue weighted by Crippen LogP contribution is 2.17. The Bertz CT molecular complexity index is 558. The lowest BCUT2D eigenvalue weighted by molar-refractivity contribution is 0.0958. The topological polar surface area (TPSA) is 68.0 Å². The molecule has 1 heterocycles. The smallest absolute Gasteiger partial charge is 0.257 e. The molecular formula is C13H13N3O2.